The molecule has 1 aromatic rings. The minimum Gasteiger partial charge on any atom is -0.370 e. The standard InChI is InChI=1S/C10H12N4O2/c1-6(15)7-2-4-8(5-3-7)13-10(16)14-9(11)12/h2-5H,1H3,(H5,11,12,13,14,16). The fraction of sp³-hybridized carbons (Fsp3) is 0.100. The Labute approximate surface area is 92.3 Å². The predicted molar refractivity (Wildman–Crippen MR) is 61.3 cm³/mol. The zero-order valence-electron chi connectivity index (χ0n) is 8.73. The van der Waals surface area contributed by atoms with Gasteiger partial charge in [0.15, 0.2) is 11.7 Å². The van der Waals surface area contributed by atoms with E-state index in [-0.39, 0.29) is 11.7 Å². The van der Waals surface area contributed by atoms with Crippen molar-refractivity contribution < 1.29 is 9.59 Å². The molecule has 0 aliphatic heterocycles. The summed E-state index contributed by atoms with van der Waals surface area (Å²) >= 11 is 0. The third-order valence-corrected chi connectivity index (χ3v) is 1.77. The summed E-state index contributed by atoms with van der Waals surface area (Å²) in [5.41, 5.74) is 11.1. The highest BCUT2D eigenvalue weighted by Crippen LogP contribution is 2.10. The molecule has 0 atom stereocenters. The van der Waals surface area contributed by atoms with Crippen LogP contribution in [0.1, 0.15) is 17.3 Å². The van der Waals surface area contributed by atoms with Crippen LogP contribution in [0.3, 0.4) is 0 Å². The number of anilines is 1. The minimum absolute atomic E-state index is 0.0397. The molecule has 0 radical (unpaired) electrons. The molecule has 16 heavy (non-hydrogen) atoms. The van der Waals surface area contributed by atoms with Gasteiger partial charge in [-0.25, -0.2) is 4.79 Å². The average Bonchev–Trinajstić information content (AvgIpc) is 2.16. The van der Waals surface area contributed by atoms with Crippen molar-refractivity contribution >= 4 is 23.5 Å². The van der Waals surface area contributed by atoms with Gasteiger partial charge in [-0.3, -0.25) is 4.79 Å². The van der Waals surface area contributed by atoms with E-state index >= 15 is 0 Å². The summed E-state index contributed by atoms with van der Waals surface area (Å²) in [5.74, 6) is -0.347. The largest absolute Gasteiger partial charge is 0.370 e. The highest BCUT2D eigenvalue weighted by atomic mass is 16.2. The number of aliphatic imine (C=N–C) groups is 1. The van der Waals surface area contributed by atoms with Gasteiger partial charge in [0.25, 0.3) is 0 Å². The van der Waals surface area contributed by atoms with Gasteiger partial charge < -0.3 is 16.8 Å². The van der Waals surface area contributed by atoms with Crippen molar-refractivity contribution in [3.05, 3.63) is 29.8 Å². The molecule has 6 heteroatoms. The minimum atomic E-state index is -0.657. The summed E-state index contributed by atoms with van der Waals surface area (Å²) in [6, 6.07) is 5.74. The molecule has 0 saturated carbocycles. The molecule has 0 spiro atoms. The second-order valence-corrected chi connectivity index (χ2v) is 3.10. The smallest absolute Gasteiger partial charge is 0.348 e. The van der Waals surface area contributed by atoms with Gasteiger partial charge in [0, 0.05) is 11.3 Å². The van der Waals surface area contributed by atoms with Gasteiger partial charge in [-0.05, 0) is 31.2 Å². The normalized spacial score (nSPS) is 9.31. The highest BCUT2D eigenvalue weighted by molar-refractivity contribution is 5.99. The van der Waals surface area contributed by atoms with E-state index in [0.29, 0.717) is 11.3 Å². The number of Topliss-reactive ketones (excluding diaryl/α,β-unsaturated/α-hetero) is 1. The maximum absolute atomic E-state index is 11.1. The molecular weight excluding hydrogens is 208 g/mol. The van der Waals surface area contributed by atoms with Crippen LogP contribution < -0.4 is 16.8 Å². The third-order valence-electron chi connectivity index (χ3n) is 1.77. The number of carbonyl (C=O) groups excluding carboxylic acids is 2. The van der Waals surface area contributed by atoms with E-state index in [1.165, 1.54) is 6.92 Å². The van der Waals surface area contributed by atoms with Gasteiger partial charge in [0.1, 0.15) is 0 Å². The van der Waals surface area contributed by atoms with Crippen molar-refractivity contribution in [3.8, 4) is 0 Å². The monoisotopic (exact) mass is 220 g/mol. The van der Waals surface area contributed by atoms with E-state index < -0.39 is 6.03 Å². The van der Waals surface area contributed by atoms with Crippen LogP contribution in [0.2, 0.25) is 0 Å². The van der Waals surface area contributed by atoms with Crippen LogP contribution >= 0.6 is 0 Å². The van der Waals surface area contributed by atoms with Crippen molar-refractivity contribution in [1.29, 1.82) is 0 Å². The Balaban J connectivity index is 2.73. The van der Waals surface area contributed by atoms with Gasteiger partial charge in [-0.2, -0.15) is 4.99 Å². The molecule has 6 nitrogen and oxygen atoms in total. The van der Waals surface area contributed by atoms with Crippen LogP contribution in [0.5, 0.6) is 0 Å². The van der Waals surface area contributed by atoms with Crippen LogP contribution in [0.15, 0.2) is 29.3 Å². The Hall–Kier alpha value is -2.37. The molecule has 0 aromatic heterocycles. The lowest BCUT2D eigenvalue weighted by Crippen LogP contribution is -2.25. The summed E-state index contributed by atoms with van der Waals surface area (Å²) in [6.07, 6.45) is 0. The number of nitrogens with one attached hydrogen (secondary N) is 1. The van der Waals surface area contributed by atoms with Crippen molar-refractivity contribution in [1.82, 2.24) is 0 Å². The van der Waals surface area contributed by atoms with Crippen LogP contribution in [-0.2, 0) is 0 Å². The summed E-state index contributed by atoms with van der Waals surface area (Å²) < 4.78 is 0. The second kappa shape index (κ2) is 4.92. The number of nitrogens with two attached hydrogens (primary N) is 2. The van der Waals surface area contributed by atoms with Crippen LogP contribution in [0.4, 0.5) is 10.5 Å². The van der Waals surface area contributed by atoms with E-state index in [4.69, 9.17) is 11.5 Å². The Kier molecular flexibility index (Phi) is 3.60. The lowest BCUT2D eigenvalue weighted by atomic mass is 10.1. The van der Waals surface area contributed by atoms with Crippen molar-refractivity contribution in [2.75, 3.05) is 5.32 Å². The number of hydrogen-bond acceptors (Lipinski definition) is 2. The number of guanidine groups is 1. The number of hydrogen-bond donors (Lipinski definition) is 3. The Morgan fingerprint density at radius 3 is 2.19 bits per heavy atom. The van der Waals surface area contributed by atoms with Crippen LogP contribution in [0.25, 0.3) is 0 Å². The summed E-state index contributed by atoms with van der Waals surface area (Å²) in [6.45, 7) is 1.47. The van der Waals surface area contributed by atoms with Gasteiger partial charge in [0.05, 0.1) is 0 Å². The number of benzene rings is 1. The number of amides is 2. The van der Waals surface area contributed by atoms with Gasteiger partial charge >= 0.3 is 6.03 Å². The number of ketones is 1. The van der Waals surface area contributed by atoms with Gasteiger partial charge in [-0.1, -0.05) is 0 Å². The van der Waals surface area contributed by atoms with Crippen LogP contribution in [-0.4, -0.2) is 17.8 Å². The first-order chi connectivity index (χ1) is 7.49. The maximum Gasteiger partial charge on any atom is 0.348 e. The summed E-state index contributed by atoms with van der Waals surface area (Å²) in [4.78, 5) is 25.4. The van der Waals surface area contributed by atoms with E-state index in [0.717, 1.165) is 0 Å². The highest BCUT2D eigenvalue weighted by Gasteiger charge is 2.02. The topological polar surface area (TPSA) is 111 Å². The molecule has 0 unspecified atom stereocenters. The molecule has 0 aliphatic carbocycles. The fourth-order valence-corrected chi connectivity index (χ4v) is 1.06. The Morgan fingerprint density at radius 1 is 1.19 bits per heavy atom. The second-order valence-electron chi connectivity index (χ2n) is 3.10. The molecule has 5 N–H and O–H groups in total. The quantitative estimate of drug-likeness (QED) is 0.387. The predicted octanol–water partition coefficient (Wildman–Crippen LogP) is 0.694. The third kappa shape index (κ3) is 3.41. The first-order valence-electron chi connectivity index (χ1n) is 4.50. The molecule has 2 amide bonds. The Morgan fingerprint density at radius 2 is 1.75 bits per heavy atom. The zero-order valence-corrected chi connectivity index (χ0v) is 8.73. The molecule has 0 heterocycles. The number of carbonyl (C=O) groups is 2. The van der Waals surface area contributed by atoms with Crippen LogP contribution in [0, 0.1) is 0 Å². The lowest BCUT2D eigenvalue weighted by Gasteiger charge is -2.02. The molecule has 0 fully saturated rings. The van der Waals surface area contributed by atoms with E-state index in [9.17, 15) is 9.59 Å². The van der Waals surface area contributed by atoms with E-state index in [1.54, 1.807) is 24.3 Å². The molecule has 84 valence electrons. The first-order valence-corrected chi connectivity index (χ1v) is 4.50. The zero-order chi connectivity index (χ0) is 12.1. The maximum atomic E-state index is 11.1. The van der Waals surface area contributed by atoms with E-state index in [2.05, 4.69) is 10.3 Å². The number of urea groups is 1. The summed E-state index contributed by atoms with van der Waals surface area (Å²) in [7, 11) is 0. The number of nitrogens with zero attached hydrogens (tertiary/aromatic N) is 1. The van der Waals surface area contributed by atoms with Crippen molar-refractivity contribution in [2.24, 2.45) is 16.5 Å². The molecule has 0 aliphatic rings. The fourth-order valence-electron chi connectivity index (χ4n) is 1.06. The SMILES string of the molecule is CC(=O)c1ccc(NC(=O)N=C(N)N)cc1. The van der Waals surface area contributed by atoms with Crippen molar-refractivity contribution in [3.63, 3.8) is 0 Å². The number of rotatable bonds is 2. The molecule has 0 saturated heterocycles. The molecule has 0 bridgehead atoms. The Bertz CT molecular complexity index is 433. The first kappa shape index (κ1) is 11.7. The van der Waals surface area contributed by atoms with E-state index in [1.807, 2.05) is 0 Å². The van der Waals surface area contributed by atoms with Gasteiger partial charge in [0.2, 0.25) is 0 Å². The van der Waals surface area contributed by atoms with Gasteiger partial charge in [-0.15, -0.1) is 0 Å². The molecule has 1 rings (SSSR count). The molecular formula is C10H12N4O2. The lowest BCUT2D eigenvalue weighted by molar-refractivity contribution is 0.101. The summed E-state index contributed by atoms with van der Waals surface area (Å²) in [5, 5.41) is 2.44. The molecule has 1 aromatic carbocycles. The van der Waals surface area contributed by atoms with Crippen molar-refractivity contribution in [2.45, 2.75) is 6.92 Å². The average molecular weight is 220 g/mol.